The number of benzene rings is 1. The molecule has 0 amide bonds. The molecule has 1 rings (SSSR count). The van der Waals surface area contributed by atoms with Crippen LogP contribution in [0.4, 0.5) is 8.78 Å². The molecule has 0 aliphatic heterocycles. The summed E-state index contributed by atoms with van der Waals surface area (Å²) in [4.78, 5) is 0. The van der Waals surface area contributed by atoms with Gasteiger partial charge in [-0.1, -0.05) is 27.5 Å². The molecular formula is C9H8BrClF2O2. The van der Waals surface area contributed by atoms with E-state index in [1.165, 1.54) is 0 Å². The van der Waals surface area contributed by atoms with Gasteiger partial charge in [0, 0.05) is 5.33 Å². The van der Waals surface area contributed by atoms with Crippen molar-refractivity contribution in [2.45, 2.75) is 12.2 Å². The van der Waals surface area contributed by atoms with Crippen LogP contribution in [0.5, 0.6) is 0 Å². The molecule has 2 N–H and O–H groups in total. The highest BCUT2D eigenvalue weighted by Gasteiger charge is 2.25. The molecule has 0 fully saturated rings. The summed E-state index contributed by atoms with van der Waals surface area (Å²) in [6.07, 6.45) is -2.95. The predicted molar refractivity (Wildman–Crippen MR) is 56.1 cm³/mol. The zero-order valence-electron chi connectivity index (χ0n) is 7.42. The van der Waals surface area contributed by atoms with Crippen LogP contribution in [0, 0.1) is 11.6 Å². The van der Waals surface area contributed by atoms with Gasteiger partial charge in [0.25, 0.3) is 0 Å². The summed E-state index contributed by atoms with van der Waals surface area (Å²) in [5, 5.41) is 18.4. The minimum absolute atomic E-state index is 0.000437. The van der Waals surface area contributed by atoms with Crippen molar-refractivity contribution in [3.8, 4) is 0 Å². The Hall–Kier alpha value is -0.230. The summed E-state index contributed by atoms with van der Waals surface area (Å²) >= 11 is 8.32. The summed E-state index contributed by atoms with van der Waals surface area (Å²) in [5.41, 5.74) is -0.616. The Morgan fingerprint density at radius 2 is 1.93 bits per heavy atom. The second-order valence-electron chi connectivity index (χ2n) is 2.92. The van der Waals surface area contributed by atoms with Gasteiger partial charge in [-0.3, -0.25) is 0 Å². The van der Waals surface area contributed by atoms with Crippen molar-refractivity contribution < 1.29 is 19.0 Å². The van der Waals surface area contributed by atoms with Crippen molar-refractivity contribution in [2.24, 2.45) is 0 Å². The van der Waals surface area contributed by atoms with Gasteiger partial charge >= 0.3 is 0 Å². The molecule has 84 valence electrons. The molecule has 0 saturated heterocycles. The maximum Gasteiger partial charge on any atom is 0.150 e. The van der Waals surface area contributed by atoms with E-state index in [1.54, 1.807) is 0 Å². The number of halogens is 4. The molecule has 0 bridgehead atoms. The Morgan fingerprint density at radius 1 is 1.33 bits per heavy atom. The van der Waals surface area contributed by atoms with Gasteiger partial charge in [0.1, 0.15) is 11.9 Å². The Balaban J connectivity index is 3.18. The van der Waals surface area contributed by atoms with Crippen LogP contribution in [0.15, 0.2) is 12.1 Å². The average molecular weight is 302 g/mol. The molecule has 0 aromatic heterocycles. The largest absolute Gasteiger partial charge is 0.389 e. The first-order chi connectivity index (χ1) is 6.99. The van der Waals surface area contributed by atoms with Crippen molar-refractivity contribution in [3.63, 3.8) is 0 Å². The molecule has 0 spiro atoms. The maximum atomic E-state index is 13.4. The van der Waals surface area contributed by atoms with Crippen LogP contribution in [-0.2, 0) is 0 Å². The topological polar surface area (TPSA) is 40.5 Å². The van der Waals surface area contributed by atoms with Crippen molar-refractivity contribution in [1.82, 2.24) is 0 Å². The van der Waals surface area contributed by atoms with Crippen molar-refractivity contribution in [1.29, 1.82) is 0 Å². The molecule has 0 aliphatic rings. The summed E-state index contributed by atoms with van der Waals surface area (Å²) in [7, 11) is 0. The Kier molecular flexibility index (Phi) is 4.45. The first kappa shape index (κ1) is 12.8. The summed E-state index contributed by atoms with van der Waals surface area (Å²) in [6.45, 7) is 0. The fourth-order valence-corrected chi connectivity index (χ4v) is 1.61. The van der Waals surface area contributed by atoms with Gasteiger partial charge in [-0.15, -0.1) is 0 Å². The summed E-state index contributed by atoms with van der Waals surface area (Å²) in [6, 6.07) is 1.98. The normalized spacial score (nSPS) is 15.1. The Labute approximate surface area is 98.6 Å². The summed E-state index contributed by atoms with van der Waals surface area (Å²) < 4.78 is 26.5. The number of alkyl halides is 1. The fraction of sp³-hybridized carbons (Fsp3) is 0.333. The number of aliphatic hydroxyl groups excluding tert-OH is 2. The predicted octanol–water partition coefficient (Wildman–Crippen LogP) is 2.41. The molecule has 2 unspecified atom stereocenters. The molecule has 0 heterocycles. The van der Waals surface area contributed by atoms with E-state index in [9.17, 15) is 19.0 Å². The highest BCUT2D eigenvalue weighted by atomic mass is 79.9. The van der Waals surface area contributed by atoms with Gasteiger partial charge < -0.3 is 10.2 Å². The third-order valence-electron chi connectivity index (χ3n) is 1.90. The van der Waals surface area contributed by atoms with Crippen molar-refractivity contribution in [3.05, 3.63) is 34.4 Å². The third-order valence-corrected chi connectivity index (χ3v) is 2.85. The molecule has 0 radical (unpaired) electrons. The highest BCUT2D eigenvalue weighted by Crippen LogP contribution is 2.28. The van der Waals surface area contributed by atoms with Gasteiger partial charge in [0.2, 0.25) is 0 Å². The van der Waals surface area contributed by atoms with E-state index in [1.807, 2.05) is 0 Å². The second kappa shape index (κ2) is 5.21. The minimum Gasteiger partial charge on any atom is -0.389 e. The average Bonchev–Trinajstić information content (AvgIpc) is 2.22. The molecule has 6 heteroatoms. The maximum absolute atomic E-state index is 13.4. The molecule has 15 heavy (non-hydrogen) atoms. The van der Waals surface area contributed by atoms with E-state index in [4.69, 9.17) is 11.6 Å². The number of hydrogen-bond acceptors (Lipinski definition) is 2. The van der Waals surface area contributed by atoms with Gasteiger partial charge in [-0.25, -0.2) is 8.78 Å². The van der Waals surface area contributed by atoms with E-state index in [0.29, 0.717) is 0 Å². The lowest BCUT2D eigenvalue weighted by atomic mass is 10.0. The highest BCUT2D eigenvalue weighted by molar-refractivity contribution is 9.09. The number of hydrogen-bond donors (Lipinski definition) is 2. The molecule has 2 nitrogen and oxygen atoms in total. The van der Waals surface area contributed by atoms with Gasteiger partial charge in [0.05, 0.1) is 16.7 Å². The SMILES string of the molecule is OC(CBr)C(O)c1c(F)ccc(Cl)c1F. The van der Waals surface area contributed by atoms with E-state index in [0.717, 1.165) is 12.1 Å². The van der Waals surface area contributed by atoms with Gasteiger partial charge in [-0.2, -0.15) is 0 Å². The first-order valence-corrected chi connectivity index (χ1v) is 5.54. The molecule has 1 aromatic carbocycles. The van der Waals surface area contributed by atoms with E-state index in [-0.39, 0.29) is 10.4 Å². The Morgan fingerprint density at radius 3 is 2.47 bits per heavy atom. The van der Waals surface area contributed by atoms with Crippen LogP contribution < -0.4 is 0 Å². The van der Waals surface area contributed by atoms with Crippen LogP contribution in [-0.4, -0.2) is 21.6 Å². The molecule has 0 aliphatic carbocycles. The second-order valence-corrected chi connectivity index (χ2v) is 3.98. The smallest absolute Gasteiger partial charge is 0.150 e. The van der Waals surface area contributed by atoms with Crippen molar-refractivity contribution in [2.75, 3.05) is 5.33 Å². The van der Waals surface area contributed by atoms with E-state index < -0.39 is 29.4 Å². The third kappa shape index (κ3) is 2.66. The van der Waals surface area contributed by atoms with Crippen molar-refractivity contribution >= 4 is 27.5 Å². The fourth-order valence-electron chi connectivity index (χ4n) is 1.09. The monoisotopic (exact) mass is 300 g/mol. The zero-order chi connectivity index (χ0) is 11.6. The van der Waals surface area contributed by atoms with Crippen LogP contribution >= 0.6 is 27.5 Å². The van der Waals surface area contributed by atoms with E-state index in [2.05, 4.69) is 15.9 Å². The number of rotatable bonds is 3. The lowest BCUT2D eigenvalue weighted by Gasteiger charge is -2.17. The Bertz CT molecular complexity index is 362. The summed E-state index contributed by atoms with van der Waals surface area (Å²) in [5.74, 6) is -1.99. The lowest BCUT2D eigenvalue weighted by Crippen LogP contribution is -2.21. The quantitative estimate of drug-likeness (QED) is 0.665. The van der Waals surface area contributed by atoms with Gasteiger partial charge in [0.15, 0.2) is 5.82 Å². The molecular weight excluding hydrogens is 293 g/mol. The van der Waals surface area contributed by atoms with E-state index >= 15 is 0 Å². The van der Waals surface area contributed by atoms with Crippen LogP contribution in [0.25, 0.3) is 0 Å². The van der Waals surface area contributed by atoms with Crippen LogP contribution in [0.1, 0.15) is 11.7 Å². The number of aliphatic hydroxyl groups is 2. The first-order valence-electron chi connectivity index (χ1n) is 4.04. The standard InChI is InChI=1S/C9H8BrClF2O2/c10-3-6(14)9(15)7-5(12)2-1-4(11)8(7)13/h1-2,6,9,14-15H,3H2. The minimum atomic E-state index is -1.65. The molecule has 0 saturated carbocycles. The molecule has 1 aromatic rings. The molecule has 2 atom stereocenters. The van der Waals surface area contributed by atoms with Gasteiger partial charge in [-0.05, 0) is 12.1 Å². The van der Waals surface area contributed by atoms with Crippen LogP contribution in [0.2, 0.25) is 5.02 Å². The zero-order valence-corrected chi connectivity index (χ0v) is 9.76. The lowest BCUT2D eigenvalue weighted by molar-refractivity contribution is 0.0296. The van der Waals surface area contributed by atoms with Crippen LogP contribution in [0.3, 0.4) is 0 Å².